The number of hydrogen-bond donors (Lipinski definition) is 1. The molecule has 186 valence electrons. The summed E-state index contributed by atoms with van der Waals surface area (Å²) in [5, 5.41) is 2.53. The fourth-order valence-electron chi connectivity index (χ4n) is 4.32. The summed E-state index contributed by atoms with van der Waals surface area (Å²) in [6.07, 6.45) is 1.66. The van der Waals surface area contributed by atoms with Crippen molar-refractivity contribution in [2.75, 3.05) is 5.32 Å². The monoisotopic (exact) mass is 506 g/mol. The number of nitrogens with zero attached hydrogens (tertiary/aromatic N) is 1. The Balaban J connectivity index is 1.61. The van der Waals surface area contributed by atoms with E-state index in [0.29, 0.717) is 29.3 Å². The van der Waals surface area contributed by atoms with E-state index >= 15 is 0 Å². The summed E-state index contributed by atoms with van der Waals surface area (Å²) in [5.74, 6) is -6.54. The number of amides is 1. The fourth-order valence-corrected chi connectivity index (χ4v) is 4.32. The van der Waals surface area contributed by atoms with Gasteiger partial charge in [0.25, 0.3) is 11.8 Å². The molecule has 0 saturated carbocycles. The zero-order valence-corrected chi connectivity index (χ0v) is 19.4. The predicted octanol–water partition coefficient (Wildman–Crippen LogP) is 8.05. The Morgan fingerprint density at radius 3 is 2.30 bits per heavy atom. The summed E-state index contributed by atoms with van der Waals surface area (Å²) < 4.78 is 72.1. The number of nitrogens with one attached hydrogen (secondary N) is 1. The summed E-state index contributed by atoms with van der Waals surface area (Å²) >= 11 is 0. The van der Waals surface area contributed by atoms with E-state index in [0.717, 1.165) is 18.2 Å². The van der Waals surface area contributed by atoms with Gasteiger partial charge in [0.05, 0.1) is 11.2 Å². The van der Waals surface area contributed by atoms with E-state index in [9.17, 15) is 26.7 Å². The third-order valence-corrected chi connectivity index (χ3v) is 6.07. The first kappa shape index (κ1) is 24.2. The van der Waals surface area contributed by atoms with E-state index in [1.54, 1.807) is 34.9 Å². The number of pyridine rings is 1. The number of benzene rings is 3. The number of alkyl halides is 2. The van der Waals surface area contributed by atoms with E-state index in [4.69, 9.17) is 0 Å². The van der Waals surface area contributed by atoms with Gasteiger partial charge in [-0.1, -0.05) is 30.3 Å². The molecule has 0 aliphatic heterocycles. The first-order valence-electron chi connectivity index (χ1n) is 11.3. The lowest BCUT2D eigenvalue weighted by Crippen LogP contribution is -2.19. The Morgan fingerprint density at radius 1 is 0.838 bits per heavy atom. The van der Waals surface area contributed by atoms with Crippen molar-refractivity contribution in [3.8, 4) is 22.4 Å². The van der Waals surface area contributed by atoms with Crippen LogP contribution in [0.2, 0.25) is 0 Å². The molecule has 0 aliphatic rings. The highest BCUT2D eigenvalue weighted by Crippen LogP contribution is 2.35. The smallest absolute Gasteiger partial charge is 0.271 e. The first-order chi connectivity index (χ1) is 17.6. The van der Waals surface area contributed by atoms with Crippen LogP contribution in [0.25, 0.3) is 27.9 Å². The molecule has 5 aromatic rings. The van der Waals surface area contributed by atoms with Crippen molar-refractivity contribution in [2.24, 2.45) is 0 Å². The lowest BCUT2D eigenvalue weighted by molar-refractivity contribution is 0.0165. The van der Waals surface area contributed by atoms with E-state index in [-0.39, 0.29) is 16.8 Å². The van der Waals surface area contributed by atoms with E-state index < -0.39 is 34.8 Å². The maximum absolute atomic E-state index is 14.5. The predicted molar refractivity (Wildman–Crippen MR) is 132 cm³/mol. The minimum absolute atomic E-state index is 0.0833. The number of carbonyl (C=O) groups is 1. The lowest BCUT2D eigenvalue weighted by Gasteiger charge is -2.18. The molecule has 5 rings (SSSR count). The van der Waals surface area contributed by atoms with Crippen molar-refractivity contribution in [2.45, 2.75) is 12.8 Å². The summed E-state index contributed by atoms with van der Waals surface area (Å²) in [4.78, 5) is 13.0. The van der Waals surface area contributed by atoms with Gasteiger partial charge in [0.15, 0.2) is 11.6 Å². The second-order valence-electron chi connectivity index (χ2n) is 8.61. The normalized spacial score (nSPS) is 11.6. The van der Waals surface area contributed by atoms with E-state index in [2.05, 4.69) is 5.32 Å². The van der Waals surface area contributed by atoms with Gasteiger partial charge in [0.1, 0.15) is 5.82 Å². The van der Waals surface area contributed by atoms with E-state index in [1.165, 1.54) is 42.5 Å². The molecule has 0 spiro atoms. The molecule has 0 bridgehead atoms. The van der Waals surface area contributed by atoms with Crippen LogP contribution >= 0.6 is 0 Å². The molecule has 0 atom stereocenters. The van der Waals surface area contributed by atoms with Crippen LogP contribution < -0.4 is 5.32 Å². The van der Waals surface area contributed by atoms with Crippen LogP contribution in [0.15, 0.2) is 91.1 Å². The third kappa shape index (κ3) is 4.58. The number of fused-ring (bicyclic) bond motifs is 1. The molecule has 8 heteroatoms. The topological polar surface area (TPSA) is 33.5 Å². The number of rotatable bonds is 5. The van der Waals surface area contributed by atoms with Gasteiger partial charge < -0.3 is 9.72 Å². The van der Waals surface area contributed by atoms with E-state index in [1.807, 2.05) is 0 Å². The number of hydrogen-bond acceptors (Lipinski definition) is 1. The molecular weight excluding hydrogens is 487 g/mol. The molecule has 0 unspecified atom stereocenters. The van der Waals surface area contributed by atoms with Gasteiger partial charge in [-0.3, -0.25) is 4.79 Å². The molecule has 1 N–H and O–H groups in total. The van der Waals surface area contributed by atoms with Crippen LogP contribution in [-0.2, 0) is 5.92 Å². The Hall–Kier alpha value is -4.46. The average Bonchev–Trinajstić information content (AvgIpc) is 3.30. The van der Waals surface area contributed by atoms with Crippen LogP contribution in [0.5, 0.6) is 0 Å². The number of aromatic nitrogens is 1. The van der Waals surface area contributed by atoms with Gasteiger partial charge in [-0.2, -0.15) is 0 Å². The summed E-state index contributed by atoms with van der Waals surface area (Å²) in [7, 11) is 0. The van der Waals surface area contributed by atoms with Gasteiger partial charge in [-0.15, -0.1) is 0 Å². The largest absolute Gasteiger partial charge is 0.322 e. The summed E-state index contributed by atoms with van der Waals surface area (Å²) in [5.41, 5.74) is 1.60. The Morgan fingerprint density at radius 2 is 1.57 bits per heavy atom. The van der Waals surface area contributed by atoms with Gasteiger partial charge in [0.2, 0.25) is 0 Å². The van der Waals surface area contributed by atoms with Crippen molar-refractivity contribution in [3.05, 3.63) is 120 Å². The molecule has 37 heavy (non-hydrogen) atoms. The molecule has 3 aromatic carbocycles. The zero-order valence-electron chi connectivity index (χ0n) is 19.4. The molecule has 2 heterocycles. The maximum atomic E-state index is 14.5. The summed E-state index contributed by atoms with van der Waals surface area (Å²) in [6.45, 7) is 0.698. The van der Waals surface area contributed by atoms with Crippen LogP contribution in [0, 0.1) is 17.5 Å². The second kappa shape index (κ2) is 9.20. The SMILES string of the molecule is CC(F)(F)c1ccc(-c2cccc3c(-c4cccc(F)c4F)ccn23)cc1C(=O)Nc1ccc(F)cc1. The summed E-state index contributed by atoms with van der Waals surface area (Å²) in [6, 6.07) is 19.6. The fraction of sp³-hybridized carbons (Fsp3) is 0.0690. The molecular formula is C29H19F5N2O. The van der Waals surface area contributed by atoms with Crippen LogP contribution in [-0.4, -0.2) is 10.3 Å². The van der Waals surface area contributed by atoms with Gasteiger partial charge in [-0.25, -0.2) is 22.0 Å². The van der Waals surface area contributed by atoms with Crippen molar-refractivity contribution in [3.63, 3.8) is 0 Å². The van der Waals surface area contributed by atoms with Crippen molar-refractivity contribution >= 4 is 17.1 Å². The third-order valence-electron chi connectivity index (χ3n) is 6.07. The van der Waals surface area contributed by atoms with Crippen LogP contribution in [0.3, 0.4) is 0 Å². The molecule has 3 nitrogen and oxygen atoms in total. The van der Waals surface area contributed by atoms with Crippen molar-refractivity contribution in [1.82, 2.24) is 4.40 Å². The Kier molecular flexibility index (Phi) is 6.03. The maximum Gasteiger partial charge on any atom is 0.271 e. The first-order valence-corrected chi connectivity index (χ1v) is 11.3. The van der Waals surface area contributed by atoms with Crippen molar-refractivity contribution < 1.29 is 26.7 Å². The second-order valence-corrected chi connectivity index (χ2v) is 8.61. The average molecular weight is 506 g/mol. The van der Waals surface area contributed by atoms with Crippen LogP contribution in [0.4, 0.5) is 27.6 Å². The minimum atomic E-state index is -3.31. The lowest BCUT2D eigenvalue weighted by atomic mass is 9.97. The van der Waals surface area contributed by atoms with Crippen molar-refractivity contribution in [1.29, 1.82) is 0 Å². The quantitative estimate of drug-likeness (QED) is 0.240. The van der Waals surface area contributed by atoms with Gasteiger partial charge >= 0.3 is 0 Å². The Labute approximate surface area is 208 Å². The molecule has 0 saturated heterocycles. The molecule has 1 amide bonds. The number of halogens is 5. The highest BCUT2D eigenvalue weighted by atomic mass is 19.3. The molecule has 0 radical (unpaired) electrons. The van der Waals surface area contributed by atoms with Gasteiger partial charge in [-0.05, 0) is 60.2 Å². The number of anilines is 1. The molecule has 2 aromatic heterocycles. The molecule has 0 fully saturated rings. The van der Waals surface area contributed by atoms with Gasteiger partial charge in [0, 0.05) is 41.1 Å². The minimum Gasteiger partial charge on any atom is -0.322 e. The van der Waals surface area contributed by atoms with Crippen LogP contribution in [0.1, 0.15) is 22.8 Å². The molecule has 0 aliphatic carbocycles. The zero-order chi connectivity index (χ0) is 26.3. The standard InChI is InChI=1S/C29H19F5N2O/c1-29(33,34)23-13-8-17(16-22(23)28(37)35-19-11-9-18(30)10-12-19)25-6-3-7-26-20(14-15-36(25)26)21-4-2-5-24(31)27(21)32/h2-16H,1H3,(H,35,37). The number of carbonyl (C=O) groups excluding carboxylic acids is 1. The highest BCUT2D eigenvalue weighted by molar-refractivity contribution is 6.06. The Bertz CT molecular complexity index is 1640. The highest BCUT2D eigenvalue weighted by Gasteiger charge is 2.30.